The van der Waals surface area contributed by atoms with Crippen molar-refractivity contribution in [2.75, 3.05) is 32.0 Å². The number of aliphatic carboxylic acids is 1. The second-order valence-corrected chi connectivity index (χ2v) is 5.93. The number of benzene rings is 1. The molecule has 1 aliphatic rings. The van der Waals surface area contributed by atoms with Crippen molar-refractivity contribution < 1.29 is 14.6 Å². The number of rotatable bonds is 5. The van der Waals surface area contributed by atoms with Gasteiger partial charge in [-0.3, -0.25) is 9.69 Å². The van der Waals surface area contributed by atoms with Crippen LogP contribution in [-0.2, 0) is 11.2 Å². The van der Waals surface area contributed by atoms with Crippen molar-refractivity contribution in [3.8, 4) is 5.75 Å². The molecule has 2 N–H and O–H groups in total. The van der Waals surface area contributed by atoms with Crippen LogP contribution < -0.4 is 10.1 Å². The van der Waals surface area contributed by atoms with E-state index in [2.05, 4.69) is 25.2 Å². The normalized spacial score (nSPS) is 16.2. The smallest absolute Gasteiger partial charge is 0.317 e. The molecule has 1 aromatic carbocycles. The number of likely N-dealkylation sites (N-methyl/N-ethyl adjacent to an activating group) is 1. The van der Waals surface area contributed by atoms with Crippen LogP contribution in [-0.4, -0.2) is 48.3 Å². The molecule has 0 spiro atoms. The summed E-state index contributed by atoms with van der Waals surface area (Å²) in [6, 6.07) is 6.10. The van der Waals surface area contributed by atoms with E-state index in [9.17, 15) is 4.79 Å². The Labute approximate surface area is 119 Å². The lowest BCUT2D eigenvalue weighted by Crippen LogP contribution is -2.40. The van der Waals surface area contributed by atoms with Crippen LogP contribution >= 0.6 is 0 Å². The molecular weight excluding hydrogens is 256 g/mol. The maximum atomic E-state index is 10.6. The number of carbonyl (C=O) groups is 1. The summed E-state index contributed by atoms with van der Waals surface area (Å²) in [5.41, 5.74) is 2.01. The Balaban J connectivity index is 1.96. The van der Waals surface area contributed by atoms with Crippen LogP contribution in [0.1, 0.15) is 19.4 Å². The van der Waals surface area contributed by atoms with E-state index in [4.69, 9.17) is 9.84 Å². The van der Waals surface area contributed by atoms with Crippen LogP contribution in [0.25, 0.3) is 0 Å². The molecule has 0 aliphatic carbocycles. The van der Waals surface area contributed by atoms with Crippen LogP contribution in [0.3, 0.4) is 0 Å². The van der Waals surface area contributed by atoms with Gasteiger partial charge in [-0.25, -0.2) is 0 Å². The van der Waals surface area contributed by atoms with E-state index in [-0.39, 0.29) is 12.1 Å². The fraction of sp³-hybridized carbons (Fsp3) is 0.533. The molecule has 1 aromatic rings. The quantitative estimate of drug-likeness (QED) is 0.860. The Morgan fingerprint density at radius 1 is 1.50 bits per heavy atom. The van der Waals surface area contributed by atoms with E-state index in [0.29, 0.717) is 0 Å². The van der Waals surface area contributed by atoms with Gasteiger partial charge in [-0.15, -0.1) is 0 Å². The van der Waals surface area contributed by atoms with Gasteiger partial charge in [-0.1, -0.05) is 6.07 Å². The number of fused-ring (bicyclic) bond motifs is 1. The van der Waals surface area contributed by atoms with E-state index in [0.717, 1.165) is 30.9 Å². The summed E-state index contributed by atoms with van der Waals surface area (Å²) >= 11 is 0. The topological polar surface area (TPSA) is 61.8 Å². The Hall–Kier alpha value is -1.75. The second-order valence-electron chi connectivity index (χ2n) is 5.93. The largest absolute Gasteiger partial charge is 0.484 e. The zero-order chi connectivity index (χ0) is 14.8. The van der Waals surface area contributed by atoms with Crippen molar-refractivity contribution in [2.45, 2.75) is 25.9 Å². The van der Waals surface area contributed by atoms with Crippen LogP contribution in [0.4, 0.5) is 5.69 Å². The molecule has 5 heteroatoms. The number of hydrogen-bond acceptors (Lipinski definition) is 4. The third-order valence-electron chi connectivity index (χ3n) is 3.32. The van der Waals surface area contributed by atoms with Crippen LogP contribution in [0.15, 0.2) is 18.2 Å². The minimum atomic E-state index is -0.796. The van der Waals surface area contributed by atoms with E-state index >= 15 is 0 Å². The third-order valence-corrected chi connectivity index (χ3v) is 3.32. The molecule has 1 aliphatic heterocycles. The van der Waals surface area contributed by atoms with E-state index in [1.165, 1.54) is 5.56 Å². The Morgan fingerprint density at radius 2 is 2.25 bits per heavy atom. The van der Waals surface area contributed by atoms with Crippen molar-refractivity contribution in [1.29, 1.82) is 0 Å². The summed E-state index contributed by atoms with van der Waals surface area (Å²) in [5.74, 6) is 0.0825. The zero-order valence-corrected chi connectivity index (χ0v) is 12.3. The SMILES string of the molecule is CN(CCc1ccc2c(c1)NCC(C)(C)O2)CC(=O)O. The Morgan fingerprint density at radius 3 is 2.95 bits per heavy atom. The molecule has 0 saturated carbocycles. The van der Waals surface area contributed by atoms with Gasteiger partial charge in [0.05, 0.1) is 18.8 Å². The average Bonchev–Trinajstić information content (AvgIpc) is 2.34. The minimum absolute atomic E-state index is 0.0699. The maximum absolute atomic E-state index is 10.6. The highest BCUT2D eigenvalue weighted by atomic mass is 16.5. The van der Waals surface area contributed by atoms with E-state index in [1.807, 2.05) is 19.2 Å². The van der Waals surface area contributed by atoms with E-state index < -0.39 is 5.97 Å². The molecule has 0 radical (unpaired) electrons. The van der Waals surface area contributed by atoms with Crippen molar-refractivity contribution in [3.05, 3.63) is 23.8 Å². The zero-order valence-electron chi connectivity index (χ0n) is 12.3. The number of hydrogen-bond donors (Lipinski definition) is 2. The van der Waals surface area contributed by atoms with Crippen LogP contribution in [0, 0.1) is 0 Å². The summed E-state index contributed by atoms with van der Waals surface area (Å²) in [7, 11) is 1.82. The highest BCUT2D eigenvalue weighted by Gasteiger charge is 2.26. The standard InChI is InChI=1S/C15H22N2O3/c1-15(2)10-16-12-8-11(4-5-13(12)20-15)6-7-17(3)9-14(18)19/h4-5,8,16H,6-7,9-10H2,1-3H3,(H,18,19). The Kier molecular flexibility index (Phi) is 4.18. The van der Waals surface area contributed by atoms with Crippen LogP contribution in [0.5, 0.6) is 5.75 Å². The van der Waals surface area contributed by atoms with Gasteiger partial charge in [-0.05, 0) is 45.0 Å². The van der Waals surface area contributed by atoms with Crippen LogP contribution in [0.2, 0.25) is 0 Å². The maximum Gasteiger partial charge on any atom is 0.317 e. The molecule has 110 valence electrons. The number of nitrogens with one attached hydrogen (secondary N) is 1. The fourth-order valence-corrected chi connectivity index (χ4v) is 2.23. The highest BCUT2D eigenvalue weighted by Crippen LogP contribution is 2.33. The second kappa shape index (κ2) is 5.71. The molecule has 0 bridgehead atoms. The lowest BCUT2D eigenvalue weighted by atomic mass is 10.0. The minimum Gasteiger partial charge on any atom is -0.484 e. The molecule has 1 heterocycles. The molecule has 2 rings (SSSR count). The van der Waals surface area contributed by atoms with Crippen molar-refractivity contribution in [2.24, 2.45) is 0 Å². The van der Waals surface area contributed by atoms with Gasteiger partial charge >= 0.3 is 5.97 Å². The molecular formula is C15H22N2O3. The number of nitrogens with zero attached hydrogens (tertiary/aromatic N) is 1. The molecule has 0 saturated heterocycles. The summed E-state index contributed by atoms with van der Waals surface area (Å²) < 4.78 is 5.90. The van der Waals surface area contributed by atoms with Crippen molar-refractivity contribution in [1.82, 2.24) is 4.90 Å². The first-order valence-corrected chi connectivity index (χ1v) is 6.82. The lowest BCUT2D eigenvalue weighted by Gasteiger charge is -2.33. The molecule has 0 fully saturated rings. The van der Waals surface area contributed by atoms with Gasteiger partial charge in [0.2, 0.25) is 0 Å². The molecule has 0 unspecified atom stereocenters. The summed E-state index contributed by atoms with van der Waals surface area (Å²) in [6.07, 6.45) is 0.822. The fourth-order valence-electron chi connectivity index (χ4n) is 2.23. The molecule has 0 atom stereocenters. The molecule has 0 aromatic heterocycles. The van der Waals surface area contributed by atoms with Gasteiger partial charge in [0, 0.05) is 6.54 Å². The van der Waals surface area contributed by atoms with Gasteiger partial charge in [0.25, 0.3) is 0 Å². The Bertz CT molecular complexity index is 500. The first-order chi connectivity index (χ1) is 9.35. The summed E-state index contributed by atoms with van der Waals surface area (Å²) in [6.45, 7) is 5.68. The average molecular weight is 278 g/mol. The van der Waals surface area contributed by atoms with E-state index in [1.54, 1.807) is 4.90 Å². The third kappa shape index (κ3) is 3.87. The number of carboxylic acid groups (broad SMARTS) is 1. The van der Waals surface area contributed by atoms with Gasteiger partial charge in [-0.2, -0.15) is 0 Å². The predicted molar refractivity (Wildman–Crippen MR) is 78.5 cm³/mol. The van der Waals surface area contributed by atoms with Gasteiger partial charge in [0.1, 0.15) is 11.4 Å². The highest BCUT2D eigenvalue weighted by molar-refractivity contribution is 5.69. The van der Waals surface area contributed by atoms with Gasteiger partial charge in [0.15, 0.2) is 0 Å². The number of ether oxygens (including phenoxy) is 1. The predicted octanol–water partition coefficient (Wildman–Crippen LogP) is 1.83. The molecule has 0 amide bonds. The molecule has 20 heavy (non-hydrogen) atoms. The summed E-state index contributed by atoms with van der Waals surface area (Å²) in [4.78, 5) is 12.4. The number of anilines is 1. The summed E-state index contributed by atoms with van der Waals surface area (Å²) in [5, 5.41) is 12.1. The van der Waals surface area contributed by atoms with Crippen molar-refractivity contribution >= 4 is 11.7 Å². The van der Waals surface area contributed by atoms with Crippen molar-refractivity contribution in [3.63, 3.8) is 0 Å². The first kappa shape index (κ1) is 14.7. The molecule has 5 nitrogen and oxygen atoms in total. The first-order valence-electron chi connectivity index (χ1n) is 6.82. The lowest BCUT2D eigenvalue weighted by molar-refractivity contribution is -0.137. The number of carboxylic acids is 1. The monoisotopic (exact) mass is 278 g/mol. The van der Waals surface area contributed by atoms with Gasteiger partial charge < -0.3 is 15.2 Å².